The molecule has 1 aliphatic heterocycles. The molecule has 2 amide bonds. The summed E-state index contributed by atoms with van der Waals surface area (Å²) in [4.78, 5) is 24.3. The van der Waals surface area contributed by atoms with Gasteiger partial charge in [-0.2, -0.15) is 0 Å². The van der Waals surface area contributed by atoms with Gasteiger partial charge in [0.2, 0.25) is 5.91 Å². The number of likely N-dealkylation sites (tertiary alicyclic amines) is 1. The molecule has 0 aromatic heterocycles. The standard InChI is InChI=1S/C10H11NO2/c1-6-4-3-5-7-8(6)10(13)11(2)9(7)12/h3-6,8H,1-2H3. The van der Waals surface area contributed by atoms with E-state index < -0.39 is 0 Å². The number of likely N-dealkylation sites (N-methyl/N-ethyl adjacent to an activating group) is 1. The number of fused-ring (bicyclic) bond motifs is 1. The van der Waals surface area contributed by atoms with Crippen LogP contribution in [0.2, 0.25) is 0 Å². The van der Waals surface area contributed by atoms with E-state index in [1.807, 2.05) is 19.1 Å². The van der Waals surface area contributed by atoms with Crippen molar-refractivity contribution in [2.45, 2.75) is 6.92 Å². The topological polar surface area (TPSA) is 37.4 Å². The maximum Gasteiger partial charge on any atom is 0.256 e. The van der Waals surface area contributed by atoms with E-state index in [0.29, 0.717) is 5.57 Å². The minimum atomic E-state index is -0.234. The molecule has 13 heavy (non-hydrogen) atoms. The molecule has 2 atom stereocenters. The van der Waals surface area contributed by atoms with Crippen LogP contribution < -0.4 is 0 Å². The van der Waals surface area contributed by atoms with Crippen LogP contribution in [0.5, 0.6) is 0 Å². The van der Waals surface area contributed by atoms with Gasteiger partial charge in [-0.1, -0.05) is 25.2 Å². The minimum absolute atomic E-state index is 0.0758. The maximum absolute atomic E-state index is 11.6. The van der Waals surface area contributed by atoms with Gasteiger partial charge in [-0.3, -0.25) is 14.5 Å². The van der Waals surface area contributed by atoms with Gasteiger partial charge in [0.1, 0.15) is 0 Å². The van der Waals surface area contributed by atoms with Gasteiger partial charge in [0.05, 0.1) is 5.92 Å². The van der Waals surface area contributed by atoms with Gasteiger partial charge in [0.25, 0.3) is 5.91 Å². The van der Waals surface area contributed by atoms with Gasteiger partial charge >= 0.3 is 0 Å². The lowest BCUT2D eigenvalue weighted by Crippen LogP contribution is -2.27. The highest BCUT2D eigenvalue weighted by Gasteiger charge is 2.43. The molecule has 0 N–H and O–H groups in total. The highest BCUT2D eigenvalue weighted by Crippen LogP contribution is 2.33. The second-order valence-corrected chi connectivity index (χ2v) is 3.55. The number of hydrogen-bond acceptors (Lipinski definition) is 2. The van der Waals surface area contributed by atoms with Gasteiger partial charge in [-0.15, -0.1) is 0 Å². The predicted molar refractivity (Wildman–Crippen MR) is 47.7 cm³/mol. The molecular weight excluding hydrogens is 166 g/mol. The molecule has 2 unspecified atom stereocenters. The molecule has 0 bridgehead atoms. The van der Waals surface area contributed by atoms with Crippen LogP contribution >= 0.6 is 0 Å². The van der Waals surface area contributed by atoms with Gasteiger partial charge in [0, 0.05) is 12.6 Å². The molecule has 1 fully saturated rings. The average Bonchev–Trinajstić information content (AvgIpc) is 2.33. The number of hydrogen-bond donors (Lipinski definition) is 0. The van der Waals surface area contributed by atoms with Crippen LogP contribution in [0.25, 0.3) is 0 Å². The Morgan fingerprint density at radius 3 is 2.69 bits per heavy atom. The van der Waals surface area contributed by atoms with Gasteiger partial charge in [-0.25, -0.2) is 0 Å². The maximum atomic E-state index is 11.6. The molecule has 1 saturated heterocycles. The zero-order valence-electron chi connectivity index (χ0n) is 7.65. The third kappa shape index (κ3) is 0.963. The van der Waals surface area contributed by atoms with E-state index in [9.17, 15) is 9.59 Å². The van der Waals surface area contributed by atoms with E-state index >= 15 is 0 Å². The van der Waals surface area contributed by atoms with Crippen molar-refractivity contribution in [1.29, 1.82) is 0 Å². The van der Waals surface area contributed by atoms with E-state index in [1.54, 1.807) is 6.08 Å². The smallest absolute Gasteiger partial charge is 0.256 e. The van der Waals surface area contributed by atoms with Crippen molar-refractivity contribution in [2.75, 3.05) is 7.05 Å². The van der Waals surface area contributed by atoms with Crippen LogP contribution in [-0.2, 0) is 9.59 Å². The fourth-order valence-corrected chi connectivity index (χ4v) is 1.90. The van der Waals surface area contributed by atoms with Gasteiger partial charge in [0.15, 0.2) is 0 Å². The third-order valence-electron chi connectivity index (χ3n) is 2.70. The van der Waals surface area contributed by atoms with Crippen molar-refractivity contribution in [2.24, 2.45) is 11.8 Å². The van der Waals surface area contributed by atoms with Crippen LogP contribution in [0.15, 0.2) is 23.8 Å². The molecule has 0 aromatic rings. The Morgan fingerprint density at radius 2 is 2.08 bits per heavy atom. The summed E-state index contributed by atoms with van der Waals surface area (Å²) in [5, 5.41) is 0. The lowest BCUT2D eigenvalue weighted by Gasteiger charge is -2.16. The van der Waals surface area contributed by atoms with Crippen LogP contribution in [0.1, 0.15) is 6.92 Å². The Hall–Kier alpha value is -1.38. The number of nitrogens with zero attached hydrogens (tertiary/aromatic N) is 1. The second-order valence-electron chi connectivity index (χ2n) is 3.55. The lowest BCUT2D eigenvalue weighted by atomic mass is 9.85. The summed E-state index contributed by atoms with van der Waals surface area (Å²) < 4.78 is 0. The molecular formula is C10H11NO2. The number of rotatable bonds is 0. The van der Waals surface area contributed by atoms with E-state index in [4.69, 9.17) is 0 Å². The number of amides is 2. The second kappa shape index (κ2) is 2.55. The molecule has 2 rings (SSSR count). The van der Waals surface area contributed by atoms with Crippen molar-refractivity contribution in [1.82, 2.24) is 4.90 Å². The molecule has 0 spiro atoms. The summed E-state index contributed by atoms with van der Waals surface area (Å²) in [5.74, 6) is -0.316. The molecule has 2 aliphatic rings. The van der Waals surface area contributed by atoms with E-state index in [1.165, 1.54) is 11.9 Å². The zero-order valence-corrected chi connectivity index (χ0v) is 7.65. The summed E-state index contributed by atoms with van der Waals surface area (Å²) in [6, 6.07) is 0. The van der Waals surface area contributed by atoms with Gasteiger partial charge in [-0.05, 0) is 5.92 Å². The molecule has 3 nitrogen and oxygen atoms in total. The van der Waals surface area contributed by atoms with Crippen LogP contribution in [0, 0.1) is 11.8 Å². The Morgan fingerprint density at radius 1 is 1.38 bits per heavy atom. The number of carbonyl (C=O) groups is 2. The fraction of sp³-hybridized carbons (Fsp3) is 0.400. The molecule has 1 heterocycles. The molecule has 0 aromatic carbocycles. The molecule has 1 aliphatic carbocycles. The minimum Gasteiger partial charge on any atom is -0.281 e. The first-order valence-electron chi connectivity index (χ1n) is 4.33. The van der Waals surface area contributed by atoms with Crippen LogP contribution in [-0.4, -0.2) is 23.8 Å². The summed E-state index contributed by atoms with van der Waals surface area (Å²) in [7, 11) is 1.54. The van der Waals surface area contributed by atoms with Crippen molar-refractivity contribution in [3.8, 4) is 0 Å². The Bertz CT molecular complexity index is 341. The lowest BCUT2D eigenvalue weighted by molar-refractivity contribution is -0.137. The normalized spacial score (nSPS) is 32.2. The number of carbonyl (C=O) groups excluding carboxylic acids is 2. The summed E-state index contributed by atoms with van der Waals surface area (Å²) in [6.07, 6.45) is 5.55. The number of allylic oxidation sites excluding steroid dienone is 3. The largest absolute Gasteiger partial charge is 0.281 e. The summed E-state index contributed by atoms with van der Waals surface area (Å²) >= 11 is 0. The summed E-state index contributed by atoms with van der Waals surface area (Å²) in [5.41, 5.74) is 0.641. The van der Waals surface area contributed by atoms with Crippen molar-refractivity contribution in [3.63, 3.8) is 0 Å². The number of imide groups is 1. The first-order valence-corrected chi connectivity index (χ1v) is 4.33. The monoisotopic (exact) mass is 177 g/mol. The van der Waals surface area contributed by atoms with Gasteiger partial charge < -0.3 is 0 Å². The van der Waals surface area contributed by atoms with Crippen molar-refractivity contribution in [3.05, 3.63) is 23.8 Å². The van der Waals surface area contributed by atoms with Crippen LogP contribution in [0.3, 0.4) is 0 Å². The van der Waals surface area contributed by atoms with Crippen LogP contribution in [0.4, 0.5) is 0 Å². The molecule has 68 valence electrons. The van der Waals surface area contributed by atoms with E-state index in [0.717, 1.165) is 0 Å². The molecule has 3 heteroatoms. The van der Waals surface area contributed by atoms with Crippen molar-refractivity contribution >= 4 is 11.8 Å². The predicted octanol–water partition coefficient (Wildman–Crippen LogP) is 0.734. The average molecular weight is 177 g/mol. The SMILES string of the molecule is CC1C=CC=C2C(=O)N(C)C(=O)C21. The summed E-state index contributed by atoms with van der Waals surface area (Å²) in [6.45, 7) is 1.96. The Labute approximate surface area is 76.7 Å². The zero-order chi connectivity index (χ0) is 9.59. The molecule has 0 saturated carbocycles. The van der Waals surface area contributed by atoms with E-state index in [-0.39, 0.29) is 23.7 Å². The highest BCUT2D eigenvalue weighted by molar-refractivity contribution is 6.15. The molecule has 0 radical (unpaired) electrons. The third-order valence-corrected chi connectivity index (χ3v) is 2.70. The Balaban J connectivity index is 2.47. The fourth-order valence-electron chi connectivity index (χ4n) is 1.90. The van der Waals surface area contributed by atoms with E-state index in [2.05, 4.69) is 0 Å². The van der Waals surface area contributed by atoms with Crippen molar-refractivity contribution < 1.29 is 9.59 Å². The first kappa shape index (κ1) is 8.23. The Kier molecular flexibility index (Phi) is 1.62. The highest BCUT2D eigenvalue weighted by atomic mass is 16.2. The quantitative estimate of drug-likeness (QED) is 0.511. The first-order chi connectivity index (χ1) is 6.13.